The van der Waals surface area contributed by atoms with Gasteiger partial charge in [0.1, 0.15) is 11.4 Å². The molecule has 0 saturated carbocycles. The average molecular weight is 432 g/mol. The SMILES string of the molecule is CCOc1cc2nc(C)cn2cc1C(=O)Nc1ccc(N2CCNC(C)C2)nn1.Cl. The number of carbonyl (C=O) groups excluding carboxylic acids is 1. The molecule has 2 N–H and O–H groups in total. The van der Waals surface area contributed by atoms with Gasteiger partial charge >= 0.3 is 0 Å². The van der Waals surface area contributed by atoms with Crippen molar-refractivity contribution >= 4 is 35.6 Å². The lowest BCUT2D eigenvalue weighted by Gasteiger charge is -2.32. The minimum Gasteiger partial charge on any atom is -0.493 e. The van der Waals surface area contributed by atoms with Crippen molar-refractivity contribution in [3.05, 3.63) is 41.9 Å². The van der Waals surface area contributed by atoms with Gasteiger partial charge in [0.25, 0.3) is 5.91 Å². The Morgan fingerprint density at radius 3 is 2.87 bits per heavy atom. The van der Waals surface area contributed by atoms with E-state index in [9.17, 15) is 4.79 Å². The predicted octanol–water partition coefficient (Wildman–Crippen LogP) is 2.30. The molecule has 9 nitrogen and oxygen atoms in total. The first kappa shape index (κ1) is 21.8. The van der Waals surface area contributed by atoms with Gasteiger partial charge in [-0.2, -0.15) is 0 Å². The summed E-state index contributed by atoms with van der Waals surface area (Å²) in [6.07, 6.45) is 3.59. The molecule has 4 heterocycles. The van der Waals surface area contributed by atoms with Crippen molar-refractivity contribution in [2.24, 2.45) is 0 Å². The number of halogens is 1. The maximum atomic E-state index is 12.9. The molecule has 1 unspecified atom stereocenters. The Kier molecular flexibility index (Phi) is 6.73. The molecule has 0 bridgehead atoms. The van der Waals surface area contributed by atoms with Crippen LogP contribution in [0, 0.1) is 6.92 Å². The first-order valence-corrected chi connectivity index (χ1v) is 9.79. The van der Waals surface area contributed by atoms with Crippen LogP contribution in [0.15, 0.2) is 30.6 Å². The van der Waals surface area contributed by atoms with Gasteiger partial charge in [-0.05, 0) is 32.9 Å². The molecule has 1 atom stereocenters. The van der Waals surface area contributed by atoms with E-state index in [-0.39, 0.29) is 18.3 Å². The molecule has 0 spiro atoms. The molecule has 160 valence electrons. The Morgan fingerprint density at radius 1 is 1.33 bits per heavy atom. The first-order valence-electron chi connectivity index (χ1n) is 9.79. The summed E-state index contributed by atoms with van der Waals surface area (Å²) in [5.74, 6) is 1.38. The number of piperazine rings is 1. The summed E-state index contributed by atoms with van der Waals surface area (Å²) >= 11 is 0. The molecule has 1 amide bonds. The molecule has 30 heavy (non-hydrogen) atoms. The van der Waals surface area contributed by atoms with Gasteiger partial charge in [-0.15, -0.1) is 22.6 Å². The van der Waals surface area contributed by atoms with Crippen molar-refractivity contribution in [2.45, 2.75) is 26.8 Å². The molecule has 4 rings (SSSR count). The van der Waals surface area contributed by atoms with Crippen molar-refractivity contribution in [3.63, 3.8) is 0 Å². The third kappa shape index (κ3) is 4.63. The normalized spacial score (nSPS) is 16.2. The number of rotatable bonds is 5. The van der Waals surface area contributed by atoms with Crippen LogP contribution in [0.2, 0.25) is 0 Å². The van der Waals surface area contributed by atoms with E-state index in [1.165, 1.54) is 0 Å². The number of carbonyl (C=O) groups is 1. The fourth-order valence-corrected chi connectivity index (χ4v) is 3.47. The number of hydrogen-bond acceptors (Lipinski definition) is 7. The molecule has 1 aliphatic heterocycles. The zero-order chi connectivity index (χ0) is 20.4. The number of nitrogens with zero attached hydrogens (tertiary/aromatic N) is 5. The van der Waals surface area contributed by atoms with E-state index in [1.807, 2.05) is 30.5 Å². The maximum absolute atomic E-state index is 12.9. The largest absolute Gasteiger partial charge is 0.493 e. The highest BCUT2D eigenvalue weighted by Gasteiger charge is 2.19. The Hall–Kier alpha value is -2.91. The summed E-state index contributed by atoms with van der Waals surface area (Å²) in [4.78, 5) is 19.5. The number of pyridine rings is 1. The minimum absolute atomic E-state index is 0. The van der Waals surface area contributed by atoms with Crippen molar-refractivity contribution in [1.29, 1.82) is 0 Å². The van der Waals surface area contributed by atoms with E-state index in [1.54, 1.807) is 18.3 Å². The van der Waals surface area contributed by atoms with Gasteiger partial charge in [-0.1, -0.05) is 0 Å². The molecule has 0 aliphatic carbocycles. The third-order valence-electron chi connectivity index (χ3n) is 4.80. The van der Waals surface area contributed by atoms with Gasteiger partial charge in [0.15, 0.2) is 11.6 Å². The maximum Gasteiger partial charge on any atom is 0.262 e. The molecule has 10 heteroatoms. The van der Waals surface area contributed by atoms with Gasteiger partial charge in [0.2, 0.25) is 0 Å². The number of anilines is 2. The summed E-state index contributed by atoms with van der Waals surface area (Å²) in [6, 6.07) is 5.83. The van der Waals surface area contributed by atoms with Crippen LogP contribution in [-0.4, -0.2) is 57.8 Å². The number of aromatic nitrogens is 4. The minimum atomic E-state index is -0.306. The Labute approximate surface area is 181 Å². The zero-order valence-electron chi connectivity index (χ0n) is 17.3. The molecular formula is C20H26ClN7O2. The fraction of sp³-hybridized carbons (Fsp3) is 0.400. The zero-order valence-corrected chi connectivity index (χ0v) is 18.1. The van der Waals surface area contributed by atoms with Crippen molar-refractivity contribution < 1.29 is 9.53 Å². The summed E-state index contributed by atoms with van der Waals surface area (Å²) in [7, 11) is 0. The molecule has 1 aliphatic rings. The van der Waals surface area contributed by atoms with Gasteiger partial charge < -0.3 is 24.7 Å². The van der Waals surface area contributed by atoms with E-state index in [0.29, 0.717) is 29.8 Å². The second-order valence-corrected chi connectivity index (χ2v) is 7.16. The molecule has 3 aromatic heterocycles. The van der Waals surface area contributed by atoms with Crippen LogP contribution in [0.25, 0.3) is 5.65 Å². The summed E-state index contributed by atoms with van der Waals surface area (Å²) in [5.41, 5.74) is 2.02. The highest BCUT2D eigenvalue weighted by Crippen LogP contribution is 2.23. The van der Waals surface area contributed by atoms with Crippen LogP contribution in [-0.2, 0) is 0 Å². The lowest BCUT2D eigenvalue weighted by atomic mass is 10.2. The van der Waals surface area contributed by atoms with Crippen molar-refractivity contribution in [3.8, 4) is 5.75 Å². The Morgan fingerprint density at radius 2 is 2.17 bits per heavy atom. The van der Waals surface area contributed by atoms with Crippen LogP contribution in [0.4, 0.5) is 11.6 Å². The quantitative estimate of drug-likeness (QED) is 0.639. The standard InChI is InChI=1S/C20H25N7O2.ClH/c1-4-29-16-9-19-22-14(3)11-27(19)12-15(16)20(28)23-17-5-6-18(25-24-17)26-8-7-21-13(2)10-26;/h5-6,9,11-13,21H,4,7-8,10H2,1-3H3,(H,23,24,28);1H. The number of hydrogen-bond donors (Lipinski definition) is 2. The number of nitrogens with one attached hydrogen (secondary N) is 2. The lowest BCUT2D eigenvalue weighted by Crippen LogP contribution is -2.49. The molecule has 0 radical (unpaired) electrons. The number of fused-ring (bicyclic) bond motifs is 1. The van der Waals surface area contributed by atoms with E-state index in [4.69, 9.17) is 4.74 Å². The molecular weight excluding hydrogens is 406 g/mol. The van der Waals surface area contributed by atoms with E-state index >= 15 is 0 Å². The summed E-state index contributed by atoms with van der Waals surface area (Å²) < 4.78 is 7.47. The molecule has 0 aromatic carbocycles. The monoisotopic (exact) mass is 431 g/mol. The number of amides is 1. The number of imidazole rings is 1. The lowest BCUT2D eigenvalue weighted by molar-refractivity contribution is 0.102. The predicted molar refractivity (Wildman–Crippen MR) is 118 cm³/mol. The van der Waals surface area contributed by atoms with Crippen LogP contribution in [0.1, 0.15) is 29.9 Å². The van der Waals surface area contributed by atoms with Crippen molar-refractivity contribution in [2.75, 3.05) is 36.5 Å². The first-order chi connectivity index (χ1) is 14.0. The van der Waals surface area contributed by atoms with Gasteiger partial charge in [-0.25, -0.2) is 4.98 Å². The highest BCUT2D eigenvalue weighted by molar-refractivity contribution is 6.05. The van der Waals surface area contributed by atoms with Gasteiger partial charge in [-0.3, -0.25) is 4.79 Å². The Bertz CT molecular complexity index is 1020. The van der Waals surface area contributed by atoms with Gasteiger partial charge in [0, 0.05) is 44.1 Å². The summed E-state index contributed by atoms with van der Waals surface area (Å²) in [6.45, 7) is 9.05. The average Bonchev–Trinajstić information content (AvgIpc) is 3.07. The second kappa shape index (κ2) is 9.27. The smallest absolute Gasteiger partial charge is 0.262 e. The molecule has 1 saturated heterocycles. The van der Waals surface area contributed by atoms with Crippen LogP contribution in [0.3, 0.4) is 0 Å². The van der Waals surface area contributed by atoms with Crippen LogP contribution < -0.4 is 20.3 Å². The second-order valence-electron chi connectivity index (χ2n) is 7.16. The third-order valence-corrected chi connectivity index (χ3v) is 4.80. The summed E-state index contributed by atoms with van der Waals surface area (Å²) in [5, 5.41) is 14.7. The van der Waals surface area contributed by atoms with Crippen LogP contribution in [0.5, 0.6) is 5.75 Å². The molecule has 1 fully saturated rings. The van der Waals surface area contributed by atoms with Crippen molar-refractivity contribution in [1.82, 2.24) is 24.9 Å². The van der Waals surface area contributed by atoms with E-state index in [0.717, 1.165) is 36.8 Å². The van der Waals surface area contributed by atoms with Gasteiger partial charge in [0.05, 0.1) is 17.9 Å². The van der Waals surface area contributed by atoms with E-state index in [2.05, 4.69) is 37.6 Å². The van der Waals surface area contributed by atoms with Crippen LogP contribution >= 0.6 is 12.4 Å². The number of ether oxygens (including phenoxy) is 1. The van der Waals surface area contributed by atoms with E-state index < -0.39 is 0 Å². The fourth-order valence-electron chi connectivity index (χ4n) is 3.47. The number of aryl methyl sites for hydroxylation is 1. The molecule has 3 aromatic rings. The topological polar surface area (TPSA) is 96.7 Å². The Balaban J connectivity index is 0.00000256. The highest BCUT2D eigenvalue weighted by atomic mass is 35.5.